The predicted molar refractivity (Wildman–Crippen MR) is 86.5 cm³/mol. The Morgan fingerprint density at radius 3 is 2.59 bits per heavy atom. The topological polar surface area (TPSA) is 67.4 Å². The third-order valence-corrected chi connectivity index (χ3v) is 3.32. The van der Waals surface area contributed by atoms with E-state index < -0.39 is 0 Å². The van der Waals surface area contributed by atoms with Gasteiger partial charge in [0.2, 0.25) is 0 Å². The number of hydrogen-bond donors (Lipinski definition) is 1. The van der Waals surface area contributed by atoms with Gasteiger partial charge in [0.1, 0.15) is 5.82 Å². The average Bonchev–Trinajstić information content (AvgIpc) is 2.57. The summed E-state index contributed by atoms with van der Waals surface area (Å²) in [5, 5.41) is 2.73. The molecule has 1 N–H and O–H groups in total. The van der Waals surface area contributed by atoms with Gasteiger partial charge in [-0.3, -0.25) is 4.79 Å². The summed E-state index contributed by atoms with van der Waals surface area (Å²) in [6.45, 7) is 5.89. The molecule has 0 spiro atoms. The second-order valence-corrected chi connectivity index (χ2v) is 4.59. The quantitative estimate of drug-likeness (QED) is 0.888. The highest BCUT2D eigenvalue weighted by molar-refractivity contribution is 6.04. The maximum absolute atomic E-state index is 12.2. The minimum atomic E-state index is -0.268. The number of carbonyl (C=O) groups is 1. The molecule has 0 aliphatic heterocycles. The lowest BCUT2D eigenvalue weighted by molar-refractivity contribution is 0.102. The minimum absolute atomic E-state index is 0.268. The maximum Gasteiger partial charge on any atom is 0.258 e. The lowest BCUT2D eigenvalue weighted by atomic mass is 10.2. The van der Waals surface area contributed by atoms with Crippen LogP contribution in [0.4, 0.5) is 11.6 Å². The van der Waals surface area contributed by atoms with E-state index in [1.54, 1.807) is 30.6 Å². The highest BCUT2D eigenvalue weighted by atomic mass is 16.5. The first kappa shape index (κ1) is 15.8. The third kappa shape index (κ3) is 3.52. The molecule has 0 radical (unpaired) electrons. The number of nitrogens with zero attached hydrogens (tertiary/aromatic N) is 3. The summed E-state index contributed by atoms with van der Waals surface area (Å²) in [6, 6.07) is 7.09. The predicted octanol–water partition coefficient (Wildman–Crippen LogP) is 2.58. The molecule has 0 atom stereocenters. The van der Waals surface area contributed by atoms with Gasteiger partial charge in [0.15, 0.2) is 11.6 Å². The summed E-state index contributed by atoms with van der Waals surface area (Å²) < 4.78 is 5.16. The van der Waals surface area contributed by atoms with Crippen LogP contribution in [0.2, 0.25) is 0 Å². The van der Waals surface area contributed by atoms with Crippen LogP contribution in [0.15, 0.2) is 36.7 Å². The van der Waals surface area contributed by atoms with Crippen LogP contribution in [-0.4, -0.2) is 36.1 Å². The van der Waals surface area contributed by atoms with Crippen molar-refractivity contribution >= 4 is 17.5 Å². The largest absolute Gasteiger partial charge is 0.493 e. The van der Waals surface area contributed by atoms with Crippen LogP contribution < -0.4 is 15.0 Å². The number of nitrogens with one attached hydrogen (secondary N) is 1. The van der Waals surface area contributed by atoms with Crippen LogP contribution in [0, 0.1) is 0 Å². The van der Waals surface area contributed by atoms with Gasteiger partial charge in [0.05, 0.1) is 12.7 Å². The number of pyridine rings is 2. The SMILES string of the molecule is CCN(CC)c1ccc(C(=O)Nc2ncccc2OC)cn1. The van der Waals surface area contributed by atoms with E-state index in [1.807, 2.05) is 6.07 Å². The van der Waals surface area contributed by atoms with Gasteiger partial charge in [-0.15, -0.1) is 0 Å². The number of carbonyl (C=O) groups excluding carboxylic acids is 1. The van der Waals surface area contributed by atoms with Crippen LogP contribution in [0.25, 0.3) is 0 Å². The molecule has 1 amide bonds. The fourth-order valence-corrected chi connectivity index (χ4v) is 2.08. The van der Waals surface area contributed by atoms with E-state index in [9.17, 15) is 4.79 Å². The zero-order chi connectivity index (χ0) is 15.9. The van der Waals surface area contributed by atoms with Crippen molar-refractivity contribution in [2.75, 3.05) is 30.4 Å². The highest BCUT2D eigenvalue weighted by Crippen LogP contribution is 2.21. The van der Waals surface area contributed by atoms with Gasteiger partial charge in [-0.25, -0.2) is 9.97 Å². The fraction of sp³-hybridized carbons (Fsp3) is 0.312. The third-order valence-electron chi connectivity index (χ3n) is 3.32. The molecule has 0 unspecified atom stereocenters. The summed E-state index contributed by atoms with van der Waals surface area (Å²) in [4.78, 5) is 22.8. The van der Waals surface area contributed by atoms with Gasteiger partial charge in [0.25, 0.3) is 5.91 Å². The van der Waals surface area contributed by atoms with Gasteiger partial charge in [0, 0.05) is 25.5 Å². The fourth-order valence-electron chi connectivity index (χ4n) is 2.08. The Kier molecular flexibility index (Phi) is 5.30. The molecule has 2 rings (SSSR count). The Morgan fingerprint density at radius 2 is 2.00 bits per heavy atom. The van der Waals surface area contributed by atoms with E-state index in [4.69, 9.17) is 4.74 Å². The summed E-state index contributed by atoms with van der Waals surface area (Å²) in [6.07, 6.45) is 3.16. The first-order chi connectivity index (χ1) is 10.7. The standard InChI is InChI=1S/C16H20N4O2/c1-4-20(5-2)14-9-8-12(11-18-14)16(21)19-15-13(22-3)7-6-10-17-15/h6-11H,4-5H2,1-3H3,(H,17,19,21). The van der Waals surface area contributed by atoms with E-state index in [2.05, 4.69) is 34.0 Å². The molecule has 0 aliphatic carbocycles. The van der Waals surface area contributed by atoms with E-state index in [-0.39, 0.29) is 5.91 Å². The van der Waals surface area contributed by atoms with Gasteiger partial charge in [-0.05, 0) is 38.1 Å². The van der Waals surface area contributed by atoms with Gasteiger partial charge < -0.3 is 15.0 Å². The summed E-state index contributed by atoms with van der Waals surface area (Å²) in [7, 11) is 1.53. The number of rotatable bonds is 6. The molecule has 6 heteroatoms. The van der Waals surface area contributed by atoms with Crippen LogP contribution in [0.5, 0.6) is 5.75 Å². The van der Waals surface area contributed by atoms with Crippen molar-refractivity contribution in [3.63, 3.8) is 0 Å². The molecule has 6 nitrogen and oxygen atoms in total. The Bertz CT molecular complexity index is 624. The van der Waals surface area contributed by atoms with Gasteiger partial charge >= 0.3 is 0 Å². The summed E-state index contributed by atoms with van der Waals surface area (Å²) in [5.41, 5.74) is 0.476. The molecule has 0 bridgehead atoms. The second kappa shape index (κ2) is 7.40. The van der Waals surface area contributed by atoms with Crippen LogP contribution >= 0.6 is 0 Å². The molecular formula is C16H20N4O2. The number of ether oxygens (including phenoxy) is 1. The molecule has 116 valence electrons. The molecule has 2 heterocycles. The average molecular weight is 300 g/mol. The Hall–Kier alpha value is -2.63. The van der Waals surface area contributed by atoms with Crippen molar-refractivity contribution in [3.05, 3.63) is 42.2 Å². The number of amides is 1. The molecule has 0 aliphatic rings. The number of aromatic nitrogens is 2. The summed E-state index contributed by atoms with van der Waals surface area (Å²) >= 11 is 0. The monoisotopic (exact) mass is 300 g/mol. The minimum Gasteiger partial charge on any atom is -0.493 e. The number of methoxy groups -OCH3 is 1. The van der Waals surface area contributed by atoms with Gasteiger partial charge in [-0.2, -0.15) is 0 Å². The van der Waals surface area contributed by atoms with Crippen molar-refractivity contribution < 1.29 is 9.53 Å². The van der Waals surface area contributed by atoms with Crippen molar-refractivity contribution in [1.29, 1.82) is 0 Å². The van der Waals surface area contributed by atoms with Crippen molar-refractivity contribution in [3.8, 4) is 5.75 Å². The summed E-state index contributed by atoms with van der Waals surface area (Å²) in [5.74, 6) is 1.50. The Labute approximate surface area is 130 Å². The highest BCUT2D eigenvalue weighted by Gasteiger charge is 2.11. The molecule has 22 heavy (non-hydrogen) atoms. The van der Waals surface area contributed by atoms with Crippen molar-refractivity contribution in [1.82, 2.24) is 9.97 Å². The first-order valence-electron chi connectivity index (χ1n) is 7.21. The molecule has 0 aromatic carbocycles. The molecule has 0 saturated heterocycles. The molecule has 2 aromatic heterocycles. The second-order valence-electron chi connectivity index (χ2n) is 4.59. The maximum atomic E-state index is 12.2. The molecule has 2 aromatic rings. The van der Waals surface area contributed by atoms with Crippen molar-refractivity contribution in [2.45, 2.75) is 13.8 Å². The number of anilines is 2. The van der Waals surface area contributed by atoms with Crippen molar-refractivity contribution in [2.24, 2.45) is 0 Å². The first-order valence-corrected chi connectivity index (χ1v) is 7.21. The molecular weight excluding hydrogens is 280 g/mol. The smallest absolute Gasteiger partial charge is 0.258 e. The zero-order valence-electron chi connectivity index (χ0n) is 13.0. The number of hydrogen-bond acceptors (Lipinski definition) is 5. The molecule has 0 saturated carbocycles. The lowest BCUT2D eigenvalue weighted by Crippen LogP contribution is -2.23. The Morgan fingerprint density at radius 1 is 1.23 bits per heavy atom. The van der Waals surface area contributed by atoms with E-state index in [0.29, 0.717) is 17.1 Å². The Balaban J connectivity index is 2.13. The van der Waals surface area contributed by atoms with E-state index >= 15 is 0 Å². The normalized spacial score (nSPS) is 10.1. The van der Waals surface area contributed by atoms with Crippen LogP contribution in [0.3, 0.4) is 0 Å². The van der Waals surface area contributed by atoms with Crippen LogP contribution in [0.1, 0.15) is 24.2 Å². The van der Waals surface area contributed by atoms with E-state index in [0.717, 1.165) is 18.9 Å². The van der Waals surface area contributed by atoms with Gasteiger partial charge in [-0.1, -0.05) is 0 Å². The lowest BCUT2D eigenvalue weighted by Gasteiger charge is -2.19. The van der Waals surface area contributed by atoms with E-state index in [1.165, 1.54) is 7.11 Å². The van der Waals surface area contributed by atoms with Crippen LogP contribution in [-0.2, 0) is 0 Å². The zero-order valence-corrected chi connectivity index (χ0v) is 13.0. The molecule has 0 fully saturated rings.